The van der Waals surface area contributed by atoms with Crippen LogP contribution in [0.15, 0.2) is 50.4 Å². The van der Waals surface area contributed by atoms with E-state index in [0.717, 1.165) is 10.0 Å². The summed E-state index contributed by atoms with van der Waals surface area (Å²) in [4.78, 5) is 4.51. The van der Waals surface area contributed by atoms with E-state index in [1.807, 2.05) is 6.07 Å². The summed E-state index contributed by atoms with van der Waals surface area (Å²) in [7, 11) is -3.59. The second-order valence-electron chi connectivity index (χ2n) is 4.39. The number of fused-ring (bicyclic) bond motifs is 1. The van der Waals surface area contributed by atoms with Gasteiger partial charge in [0.1, 0.15) is 10.7 Å². The standard InChI is InChI=1S/C13H10Br2N2O2S/c14-10-7-9-5-6-17(13(9)16-8-10)20(18,19)12-4-2-1-3-11(12)15/h1-4,7-8H,5-6H2. The molecule has 0 N–H and O–H groups in total. The zero-order chi connectivity index (χ0) is 14.3. The number of benzene rings is 1. The molecule has 0 unspecified atom stereocenters. The molecule has 3 rings (SSSR count). The van der Waals surface area contributed by atoms with Crippen molar-refractivity contribution in [2.24, 2.45) is 0 Å². The highest BCUT2D eigenvalue weighted by Gasteiger charge is 2.33. The summed E-state index contributed by atoms with van der Waals surface area (Å²) in [6, 6.07) is 8.73. The summed E-state index contributed by atoms with van der Waals surface area (Å²) in [6.07, 6.45) is 2.29. The molecule has 0 saturated carbocycles. The van der Waals surface area contributed by atoms with Crippen molar-refractivity contribution in [1.29, 1.82) is 0 Å². The van der Waals surface area contributed by atoms with E-state index in [2.05, 4.69) is 36.8 Å². The van der Waals surface area contributed by atoms with Crippen molar-refractivity contribution in [3.05, 3.63) is 51.0 Å². The molecule has 104 valence electrons. The second-order valence-corrected chi connectivity index (χ2v) is 7.99. The van der Waals surface area contributed by atoms with Crippen LogP contribution in [-0.4, -0.2) is 19.9 Å². The predicted octanol–water partition coefficient (Wildman–Crippen LogP) is 3.36. The van der Waals surface area contributed by atoms with Gasteiger partial charge in [0.05, 0.1) is 0 Å². The highest BCUT2D eigenvalue weighted by molar-refractivity contribution is 9.10. The number of sulfonamides is 1. The topological polar surface area (TPSA) is 50.3 Å². The van der Waals surface area contributed by atoms with Crippen LogP contribution in [0.2, 0.25) is 0 Å². The molecule has 1 aliphatic rings. The Morgan fingerprint density at radius 2 is 1.95 bits per heavy atom. The van der Waals surface area contributed by atoms with Gasteiger partial charge in [0.25, 0.3) is 10.0 Å². The lowest BCUT2D eigenvalue weighted by Gasteiger charge is -2.19. The van der Waals surface area contributed by atoms with Crippen molar-refractivity contribution < 1.29 is 8.42 Å². The van der Waals surface area contributed by atoms with Crippen LogP contribution in [-0.2, 0) is 16.4 Å². The molecular weight excluding hydrogens is 408 g/mol. The van der Waals surface area contributed by atoms with Crippen LogP contribution in [0.1, 0.15) is 5.56 Å². The van der Waals surface area contributed by atoms with Gasteiger partial charge < -0.3 is 0 Å². The van der Waals surface area contributed by atoms with Gasteiger partial charge in [-0.3, -0.25) is 0 Å². The highest BCUT2D eigenvalue weighted by atomic mass is 79.9. The van der Waals surface area contributed by atoms with E-state index in [9.17, 15) is 8.42 Å². The van der Waals surface area contributed by atoms with Gasteiger partial charge in [-0.2, -0.15) is 0 Å². The molecule has 4 nitrogen and oxygen atoms in total. The second kappa shape index (κ2) is 5.13. The Balaban J connectivity index is 2.10. The molecule has 1 aliphatic heterocycles. The Hall–Kier alpha value is -0.920. The minimum absolute atomic E-state index is 0.262. The van der Waals surface area contributed by atoms with Crippen molar-refractivity contribution in [2.75, 3.05) is 10.8 Å². The summed E-state index contributed by atoms with van der Waals surface area (Å²) in [5, 5.41) is 0. The Labute approximate surface area is 134 Å². The molecule has 0 bridgehead atoms. The summed E-state index contributed by atoms with van der Waals surface area (Å²) >= 11 is 6.65. The number of hydrogen-bond donors (Lipinski definition) is 0. The maximum Gasteiger partial charge on any atom is 0.266 e. The predicted molar refractivity (Wildman–Crippen MR) is 84.3 cm³/mol. The highest BCUT2D eigenvalue weighted by Crippen LogP contribution is 2.34. The van der Waals surface area contributed by atoms with Gasteiger partial charge in [-0.15, -0.1) is 0 Å². The lowest BCUT2D eigenvalue weighted by atomic mass is 10.2. The maximum atomic E-state index is 12.7. The summed E-state index contributed by atoms with van der Waals surface area (Å²) in [6.45, 7) is 0.419. The molecule has 0 spiro atoms. The Morgan fingerprint density at radius 1 is 1.20 bits per heavy atom. The first-order chi connectivity index (χ1) is 9.50. The van der Waals surface area contributed by atoms with Gasteiger partial charge in [0, 0.05) is 21.7 Å². The number of rotatable bonds is 2. The molecule has 0 atom stereocenters. The summed E-state index contributed by atoms with van der Waals surface area (Å²) in [5.41, 5.74) is 0.940. The molecule has 20 heavy (non-hydrogen) atoms. The van der Waals surface area contributed by atoms with E-state index < -0.39 is 10.0 Å². The molecule has 0 saturated heterocycles. The van der Waals surface area contributed by atoms with E-state index in [4.69, 9.17) is 0 Å². The van der Waals surface area contributed by atoms with Crippen molar-refractivity contribution in [3.63, 3.8) is 0 Å². The number of nitrogens with zero attached hydrogens (tertiary/aromatic N) is 2. The number of halogens is 2. The Bertz CT molecular complexity index is 778. The Morgan fingerprint density at radius 3 is 2.70 bits per heavy atom. The fourth-order valence-electron chi connectivity index (χ4n) is 2.22. The van der Waals surface area contributed by atoms with E-state index >= 15 is 0 Å². The van der Waals surface area contributed by atoms with Gasteiger partial charge in [0.2, 0.25) is 0 Å². The van der Waals surface area contributed by atoms with Crippen LogP contribution in [0.4, 0.5) is 5.82 Å². The average molecular weight is 418 g/mol. The lowest BCUT2D eigenvalue weighted by Crippen LogP contribution is -2.29. The van der Waals surface area contributed by atoms with Gasteiger partial charge >= 0.3 is 0 Å². The first-order valence-electron chi connectivity index (χ1n) is 5.92. The van der Waals surface area contributed by atoms with Crippen molar-refractivity contribution in [1.82, 2.24) is 4.98 Å². The maximum absolute atomic E-state index is 12.7. The van der Waals surface area contributed by atoms with Gasteiger partial charge in [-0.25, -0.2) is 17.7 Å². The van der Waals surface area contributed by atoms with Crippen LogP contribution >= 0.6 is 31.9 Å². The van der Waals surface area contributed by atoms with Crippen molar-refractivity contribution in [3.8, 4) is 0 Å². The van der Waals surface area contributed by atoms with Crippen molar-refractivity contribution >= 4 is 47.7 Å². The van der Waals surface area contributed by atoms with Crippen molar-refractivity contribution in [2.45, 2.75) is 11.3 Å². The fraction of sp³-hybridized carbons (Fsp3) is 0.154. The van der Waals surface area contributed by atoms with Crippen LogP contribution in [0.3, 0.4) is 0 Å². The van der Waals surface area contributed by atoms with Gasteiger partial charge in [0.15, 0.2) is 0 Å². The normalized spacial score (nSPS) is 14.4. The number of aromatic nitrogens is 1. The van der Waals surface area contributed by atoms with E-state index in [1.165, 1.54) is 4.31 Å². The molecule has 1 aromatic heterocycles. The van der Waals surface area contributed by atoms with Crippen LogP contribution in [0, 0.1) is 0 Å². The third kappa shape index (κ3) is 2.27. The molecule has 2 aromatic rings. The molecule has 1 aromatic carbocycles. The van der Waals surface area contributed by atoms with Gasteiger partial charge in [-0.05, 0) is 62.0 Å². The average Bonchev–Trinajstić information content (AvgIpc) is 2.82. The minimum Gasteiger partial charge on any atom is -0.249 e. The molecule has 0 aliphatic carbocycles. The number of anilines is 1. The lowest BCUT2D eigenvalue weighted by molar-refractivity contribution is 0.591. The summed E-state index contributed by atoms with van der Waals surface area (Å²) < 4.78 is 28.3. The molecule has 0 amide bonds. The largest absolute Gasteiger partial charge is 0.266 e. The fourth-order valence-corrected chi connectivity index (χ4v) is 5.02. The van der Waals surface area contributed by atoms with Crippen LogP contribution in [0.25, 0.3) is 0 Å². The molecule has 0 radical (unpaired) electrons. The molecule has 7 heteroatoms. The molecule has 2 heterocycles. The smallest absolute Gasteiger partial charge is 0.249 e. The quantitative estimate of drug-likeness (QED) is 0.752. The minimum atomic E-state index is -3.59. The van der Waals surface area contributed by atoms with Crippen LogP contribution in [0.5, 0.6) is 0 Å². The number of hydrogen-bond acceptors (Lipinski definition) is 3. The zero-order valence-electron chi connectivity index (χ0n) is 10.3. The SMILES string of the molecule is O=S(=O)(c1ccccc1Br)N1CCc2cc(Br)cnc21. The number of pyridine rings is 1. The van der Waals surface area contributed by atoms with E-state index in [1.54, 1.807) is 30.5 Å². The van der Waals surface area contributed by atoms with Gasteiger partial charge in [-0.1, -0.05) is 12.1 Å². The molecule has 0 fully saturated rings. The molecular formula is C13H10Br2N2O2S. The first-order valence-corrected chi connectivity index (χ1v) is 8.94. The van der Waals surface area contributed by atoms with E-state index in [-0.39, 0.29) is 4.90 Å². The third-order valence-corrected chi connectivity index (χ3v) is 6.37. The first kappa shape index (κ1) is 14.0. The van der Waals surface area contributed by atoms with Crippen LogP contribution < -0.4 is 4.31 Å². The Kier molecular flexibility index (Phi) is 3.60. The zero-order valence-corrected chi connectivity index (χ0v) is 14.2. The third-order valence-electron chi connectivity index (χ3n) is 3.13. The summed E-state index contributed by atoms with van der Waals surface area (Å²) in [5.74, 6) is 0.518. The monoisotopic (exact) mass is 416 g/mol. The van der Waals surface area contributed by atoms with E-state index in [0.29, 0.717) is 23.3 Å².